The molecule has 0 unspecified atom stereocenters. The van der Waals surface area contributed by atoms with Crippen LogP contribution in [-0.4, -0.2) is 31.6 Å². The largest absolute Gasteiger partial charge is 0.295 e. The molecule has 3 nitrogen and oxygen atoms in total. The maximum atomic E-state index is 12.5. The molecule has 0 spiro atoms. The Hall–Kier alpha value is -0.480. The van der Waals surface area contributed by atoms with Gasteiger partial charge < -0.3 is 0 Å². The first-order chi connectivity index (χ1) is 8.14. The molecule has 0 amide bonds. The molecule has 4 heteroatoms. The molecule has 1 heterocycles. The summed E-state index contributed by atoms with van der Waals surface area (Å²) in [6.45, 7) is 12.4. The van der Waals surface area contributed by atoms with E-state index in [0.29, 0.717) is 12.5 Å². The Balaban J connectivity index is 2.95. The van der Waals surface area contributed by atoms with Crippen molar-refractivity contribution in [1.29, 1.82) is 0 Å². The third kappa shape index (κ3) is 3.51. The Morgan fingerprint density at radius 1 is 1.50 bits per heavy atom. The Morgan fingerprint density at radius 2 is 2.06 bits per heavy atom. The van der Waals surface area contributed by atoms with Crippen LogP contribution in [0.3, 0.4) is 0 Å². The summed E-state index contributed by atoms with van der Waals surface area (Å²) in [6.07, 6.45) is 2.83. The van der Waals surface area contributed by atoms with Gasteiger partial charge in [0.25, 0.3) is 0 Å². The van der Waals surface area contributed by atoms with Gasteiger partial charge in [-0.2, -0.15) is 0 Å². The van der Waals surface area contributed by atoms with Crippen LogP contribution in [0.4, 0.5) is 0 Å². The Bertz CT molecular complexity index is 380. The summed E-state index contributed by atoms with van der Waals surface area (Å²) in [6, 6.07) is 0.0163. The average Bonchev–Trinajstić information content (AvgIpc) is 2.57. The molecule has 1 aliphatic rings. The van der Waals surface area contributed by atoms with Gasteiger partial charge in [0.15, 0.2) is 5.78 Å². The van der Waals surface area contributed by atoms with Crippen molar-refractivity contribution in [3.05, 3.63) is 11.6 Å². The smallest absolute Gasteiger partial charge is 0.157 e. The topological polar surface area (TPSA) is 37.4 Å². The summed E-state index contributed by atoms with van der Waals surface area (Å²) in [7, 11) is -1.07. The van der Waals surface area contributed by atoms with E-state index < -0.39 is 11.0 Å². The monoisotopic (exact) mass is 271 g/mol. The molecular weight excluding hydrogens is 246 g/mol. The van der Waals surface area contributed by atoms with Gasteiger partial charge in [-0.25, -0.2) is 8.51 Å². The van der Waals surface area contributed by atoms with Crippen LogP contribution >= 0.6 is 0 Å². The lowest BCUT2D eigenvalue weighted by molar-refractivity contribution is -0.114. The SMILES string of the molecule is CC(=O)C1=CCN([S@](=O)C(C)(C)C)[C@@H]1CC(C)C. The molecule has 0 aromatic carbocycles. The van der Waals surface area contributed by atoms with Crippen LogP contribution in [-0.2, 0) is 15.8 Å². The molecule has 0 aliphatic carbocycles. The van der Waals surface area contributed by atoms with Gasteiger partial charge in [0.05, 0.1) is 10.8 Å². The van der Waals surface area contributed by atoms with Crippen LogP contribution in [0.1, 0.15) is 48.0 Å². The van der Waals surface area contributed by atoms with E-state index in [1.165, 1.54) is 0 Å². The molecule has 0 bridgehead atoms. The maximum absolute atomic E-state index is 12.5. The van der Waals surface area contributed by atoms with Crippen LogP contribution in [0.5, 0.6) is 0 Å². The van der Waals surface area contributed by atoms with E-state index in [2.05, 4.69) is 13.8 Å². The Labute approximate surface area is 113 Å². The average molecular weight is 271 g/mol. The van der Waals surface area contributed by atoms with E-state index in [-0.39, 0.29) is 16.6 Å². The second kappa shape index (κ2) is 5.66. The molecule has 1 rings (SSSR count). The second-order valence-electron chi connectivity index (χ2n) is 6.32. The normalized spacial score (nSPS) is 23.3. The van der Waals surface area contributed by atoms with E-state index in [1.807, 2.05) is 31.2 Å². The summed E-state index contributed by atoms with van der Waals surface area (Å²) in [5.41, 5.74) is 0.835. The third-order valence-corrected chi connectivity index (χ3v) is 4.91. The lowest BCUT2D eigenvalue weighted by Gasteiger charge is -2.32. The van der Waals surface area contributed by atoms with Crippen molar-refractivity contribution in [3.8, 4) is 0 Å². The predicted octanol–water partition coefficient (Wildman–Crippen LogP) is 2.69. The van der Waals surface area contributed by atoms with E-state index in [0.717, 1.165) is 12.0 Å². The molecule has 0 saturated carbocycles. The van der Waals surface area contributed by atoms with Gasteiger partial charge in [0.2, 0.25) is 0 Å². The van der Waals surface area contributed by atoms with Gasteiger partial charge in [-0.3, -0.25) is 4.79 Å². The molecule has 0 saturated heterocycles. The van der Waals surface area contributed by atoms with Crippen LogP contribution in [0.15, 0.2) is 11.6 Å². The number of hydrogen-bond acceptors (Lipinski definition) is 2. The number of carbonyl (C=O) groups excluding carboxylic acids is 1. The highest BCUT2D eigenvalue weighted by molar-refractivity contribution is 7.84. The third-order valence-electron chi connectivity index (χ3n) is 3.04. The van der Waals surface area contributed by atoms with E-state index in [9.17, 15) is 9.00 Å². The fraction of sp³-hybridized carbons (Fsp3) is 0.786. The number of nitrogens with zero attached hydrogens (tertiary/aromatic N) is 1. The highest BCUT2D eigenvalue weighted by Gasteiger charge is 2.37. The van der Waals surface area contributed by atoms with Crippen molar-refractivity contribution >= 4 is 16.8 Å². The van der Waals surface area contributed by atoms with Gasteiger partial charge in [-0.05, 0) is 40.0 Å². The zero-order valence-electron chi connectivity index (χ0n) is 12.3. The minimum absolute atomic E-state index is 0.0163. The lowest BCUT2D eigenvalue weighted by Crippen LogP contribution is -2.43. The molecule has 104 valence electrons. The first-order valence-electron chi connectivity index (χ1n) is 6.54. The van der Waals surface area contributed by atoms with Crippen LogP contribution in [0.25, 0.3) is 0 Å². The molecule has 0 aromatic rings. The number of ketones is 1. The quantitative estimate of drug-likeness (QED) is 0.788. The zero-order valence-corrected chi connectivity index (χ0v) is 13.1. The van der Waals surface area contributed by atoms with E-state index >= 15 is 0 Å². The van der Waals surface area contributed by atoms with Gasteiger partial charge >= 0.3 is 0 Å². The second-order valence-corrected chi connectivity index (χ2v) is 8.51. The van der Waals surface area contributed by atoms with Gasteiger partial charge in [0, 0.05) is 12.1 Å². The number of carbonyl (C=O) groups is 1. The van der Waals surface area contributed by atoms with Crippen molar-refractivity contribution < 1.29 is 9.00 Å². The minimum atomic E-state index is -1.07. The zero-order chi connectivity index (χ0) is 14.1. The molecular formula is C14H25NO2S. The Kier molecular flexibility index (Phi) is 4.90. The summed E-state index contributed by atoms with van der Waals surface area (Å²) in [5, 5.41) is 0. The van der Waals surface area contributed by atoms with Crippen molar-refractivity contribution in [2.75, 3.05) is 6.54 Å². The summed E-state index contributed by atoms with van der Waals surface area (Å²) in [4.78, 5) is 11.7. The summed E-state index contributed by atoms with van der Waals surface area (Å²) < 4.78 is 14.2. The number of Topliss-reactive ketones (excluding diaryl/α,β-unsaturated/α-hetero) is 1. The minimum Gasteiger partial charge on any atom is -0.295 e. The molecule has 18 heavy (non-hydrogen) atoms. The van der Waals surface area contributed by atoms with Crippen LogP contribution < -0.4 is 0 Å². The molecule has 0 aromatic heterocycles. The standard InChI is InChI=1S/C14H25NO2S/c1-10(2)9-13-12(11(3)16)7-8-15(13)18(17)14(4,5)6/h7,10,13H,8-9H2,1-6H3/t13-,18-/m1/s1. The highest BCUT2D eigenvalue weighted by Crippen LogP contribution is 2.30. The van der Waals surface area contributed by atoms with Crippen molar-refractivity contribution in [2.24, 2.45) is 5.92 Å². The van der Waals surface area contributed by atoms with Crippen LogP contribution in [0.2, 0.25) is 0 Å². The van der Waals surface area contributed by atoms with Crippen molar-refractivity contribution in [3.63, 3.8) is 0 Å². The maximum Gasteiger partial charge on any atom is 0.157 e. The first-order valence-corrected chi connectivity index (χ1v) is 7.65. The first kappa shape index (κ1) is 15.6. The van der Waals surface area contributed by atoms with Crippen LogP contribution in [0, 0.1) is 5.92 Å². The molecule has 2 atom stereocenters. The van der Waals surface area contributed by atoms with E-state index in [4.69, 9.17) is 0 Å². The van der Waals surface area contributed by atoms with Gasteiger partial charge in [-0.1, -0.05) is 19.9 Å². The van der Waals surface area contributed by atoms with Gasteiger partial charge in [-0.15, -0.1) is 0 Å². The van der Waals surface area contributed by atoms with E-state index in [1.54, 1.807) is 6.92 Å². The molecule has 0 N–H and O–H groups in total. The number of rotatable bonds is 4. The molecule has 0 fully saturated rings. The highest BCUT2D eigenvalue weighted by atomic mass is 32.2. The summed E-state index contributed by atoms with van der Waals surface area (Å²) >= 11 is 0. The van der Waals surface area contributed by atoms with Crippen molar-refractivity contribution in [1.82, 2.24) is 4.31 Å². The molecule has 1 aliphatic heterocycles. The fourth-order valence-corrected chi connectivity index (χ4v) is 3.56. The lowest BCUT2D eigenvalue weighted by atomic mass is 9.97. The molecule has 0 radical (unpaired) electrons. The number of hydrogen-bond donors (Lipinski definition) is 0. The van der Waals surface area contributed by atoms with Gasteiger partial charge in [0.1, 0.15) is 11.0 Å². The van der Waals surface area contributed by atoms with Crippen molar-refractivity contribution in [2.45, 2.75) is 58.8 Å². The summed E-state index contributed by atoms with van der Waals surface area (Å²) in [5.74, 6) is 0.587. The fourth-order valence-electron chi connectivity index (χ4n) is 2.21. The Morgan fingerprint density at radius 3 is 2.44 bits per heavy atom. The predicted molar refractivity (Wildman–Crippen MR) is 76.6 cm³/mol.